The second-order valence-corrected chi connectivity index (χ2v) is 11.2. The molecule has 0 spiro atoms. The number of rotatable bonds is 22. The Bertz CT molecular complexity index is 1430. The molecule has 1 atom stereocenters. The highest BCUT2D eigenvalue weighted by Gasteiger charge is 2.23. The third kappa shape index (κ3) is 12.3. The molecule has 1 amide bonds. The number of hydrogen-bond acceptors (Lipinski definition) is 12. The maximum absolute atomic E-state index is 12.9. The van der Waals surface area contributed by atoms with Crippen LogP contribution >= 0.6 is 11.6 Å². The number of unbranched alkanes of at least 4 members (excludes halogenated alkanes) is 3. The Kier molecular flexibility index (Phi) is 15.3. The number of ether oxygens (including phenoxy) is 2. The Balaban J connectivity index is 1.37. The van der Waals surface area contributed by atoms with Crippen LogP contribution in [0.15, 0.2) is 30.5 Å². The van der Waals surface area contributed by atoms with Crippen LogP contribution in [0.2, 0.25) is 0 Å². The van der Waals surface area contributed by atoms with E-state index in [9.17, 15) is 19.5 Å². The van der Waals surface area contributed by atoms with Crippen molar-refractivity contribution < 1.29 is 29.0 Å². The maximum atomic E-state index is 12.9. The highest BCUT2D eigenvalue weighted by molar-refractivity contribution is 6.17. The summed E-state index contributed by atoms with van der Waals surface area (Å²) < 4.78 is 11.0. The molecular weight excluding hydrogens is 616 g/mol. The van der Waals surface area contributed by atoms with Gasteiger partial charge in [-0.15, -0.1) is 11.6 Å². The molecule has 0 saturated carbocycles. The number of nitrogen functional groups attached to an aromatic ring is 2. The molecule has 0 aliphatic heterocycles. The zero-order valence-corrected chi connectivity index (χ0v) is 26.9. The predicted molar refractivity (Wildman–Crippen MR) is 176 cm³/mol. The van der Waals surface area contributed by atoms with Crippen LogP contribution in [0, 0.1) is 5.92 Å². The number of amides is 1. The van der Waals surface area contributed by atoms with Gasteiger partial charge in [-0.2, -0.15) is 9.97 Å². The number of halogens is 1. The Morgan fingerprint density at radius 3 is 2.41 bits per heavy atom. The van der Waals surface area contributed by atoms with E-state index < -0.39 is 11.9 Å². The highest BCUT2D eigenvalue weighted by atomic mass is 35.5. The number of benzene rings is 1. The molecule has 0 fully saturated rings. The van der Waals surface area contributed by atoms with E-state index in [-0.39, 0.29) is 42.7 Å². The number of carboxylic acid groups (broad SMARTS) is 1. The second kappa shape index (κ2) is 19.4. The van der Waals surface area contributed by atoms with Gasteiger partial charge in [0.15, 0.2) is 22.8 Å². The average molecular weight is 659 g/mol. The van der Waals surface area contributed by atoms with Crippen molar-refractivity contribution in [1.29, 1.82) is 0 Å². The van der Waals surface area contributed by atoms with E-state index in [2.05, 4.69) is 25.3 Å². The van der Waals surface area contributed by atoms with E-state index in [1.54, 1.807) is 30.5 Å². The number of anilines is 3. The number of nitrogens with one attached hydrogen (secondary N) is 1. The van der Waals surface area contributed by atoms with Crippen molar-refractivity contribution in [3.8, 4) is 0 Å². The fourth-order valence-corrected chi connectivity index (χ4v) is 4.77. The van der Waals surface area contributed by atoms with E-state index in [1.807, 2.05) is 11.9 Å². The molecule has 0 bridgehead atoms. The van der Waals surface area contributed by atoms with E-state index >= 15 is 0 Å². The lowest BCUT2D eigenvalue weighted by Gasteiger charge is -2.19. The van der Waals surface area contributed by atoms with E-state index in [4.69, 9.17) is 32.5 Å². The minimum absolute atomic E-state index is 0.0103. The number of nitrogens with two attached hydrogens (primary N) is 2. The highest BCUT2D eigenvalue weighted by Crippen LogP contribution is 2.21. The predicted octanol–water partition coefficient (Wildman–Crippen LogP) is 3.22. The Morgan fingerprint density at radius 2 is 1.70 bits per heavy atom. The SMILES string of the molecule is CN(Cc1cnc2nc(N)nc(N)c2n1)c1ccc(C(=O)CC(CCC(=O)NCCOCCOCCCCCCCl)C(=O)O)cc1. The summed E-state index contributed by atoms with van der Waals surface area (Å²) in [5.74, 6) is -1.86. The van der Waals surface area contributed by atoms with Gasteiger partial charge in [0.05, 0.1) is 44.2 Å². The number of carbonyl (C=O) groups excluding carboxylic acids is 2. The van der Waals surface area contributed by atoms with Crippen LogP contribution in [0.1, 0.15) is 61.0 Å². The van der Waals surface area contributed by atoms with E-state index in [0.29, 0.717) is 67.8 Å². The van der Waals surface area contributed by atoms with Crippen LogP contribution in [0.25, 0.3) is 11.2 Å². The van der Waals surface area contributed by atoms with Gasteiger partial charge in [-0.3, -0.25) is 14.4 Å². The number of aliphatic carboxylic acids is 1. The third-order valence-electron chi connectivity index (χ3n) is 7.14. The van der Waals surface area contributed by atoms with Gasteiger partial charge in [0.1, 0.15) is 0 Å². The molecular formula is C31H43ClN8O6. The number of ketones is 1. The molecule has 0 saturated heterocycles. The average Bonchev–Trinajstić information content (AvgIpc) is 3.03. The molecule has 1 unspecified atom stereocenters. The second-order valence-electron chi connectivity index (χ2n) is 10.8. The molecule has 46 heavy (non-hydrogen) atoms. The van der Waals surface area contributed by atoms with Crippen molar-refractivity contribution in [2.75, 3.05) is 62.3 Å². The number of hydrogen-bond donors (Lipinski definition) is 4. The molecule has 2 aromatic heterocycles. The van der Waals surface area contributed by atoms with Gasteiger partial charge in [-0.05, 0) is 43.5 Å². The number of carbonyl (C=O) groups is 3. The van der Waals surface area contributed by atoms with Gasteiger partial charge in [-0.1, -0.05) is 12.8 Å². The first-order valence-corrected chi connectivity index (χ1v) is 15.8. The van der Waals surface area contributed by atoms with Crippen molar-refractivity contribution >= 4 is 57.9 Å². The topological polar surface area (TPSA) is 209 Å². The summed E-state index contributed by atoms with van der Waals surface area (Å²) in [5, 5.41) is 12.4. The fourth-order valence-electron chi connectivity index (χ4n) is 4.58. The molecule has 250 valence electrons. The summed E-state index contributed by atoms with van der Waals surface area (Å²) in [5.41, 5.74) is 14.0. The zero-order chi connectivity index (χ0) is 33.3. The number of alkyl halides is 1. The van der Waals surface area contributed by atoms with Crippen LogP contribution in [0.4, 0.5) is 17.5 Å². The summed E-state index contributed by atoms with van der Waals surface area (Å²) in [4.78, 5) is 55.6. The zero-order valence-electron chi connectivity index (χ0n) is 26.1. The summed E-state index contributed by atoms with van der Waals surface area (Å²) in [6.45, 7) is 2.62. The Labute approximate surface area is 273 Å². The fraction of sp³-hybridized carbons (Fsp3) is 0.516. The number of fused-ring (bicyclic) bond motifs is 1. The Morgan fingerprint density at radius 1 is 0.978 bits per heavy atom. The molecule has 0 aliphatic rings. The van der Waals surface area contributed by atoms with Crippen LogP contribution in [-0.2, 0) is 25.6 Å². The van der Waals surface area contributed by atoms with Crippen molar-refractivity contribution in [3.63, 3.8) is 0 Å². The molecule has 15 heteroatoms. The maximum Gasteiger partial charge on any atom is 0.306 e. The van der Waals surface area contributed by atoms with Crippen molar-refractivity contribution in [1.82, 2.24) is 25.3 Å². The first-order chi connectivity index (χ1) is 22.2. The third-order valence-corrected chi connectivity index (χ3v) is 7.41. The lowest BCUT2D eigenvalue weighted by molar-refractivity contribution is -0.142. The number of aromatic nitrogens is 4. The monoisotopic (exact) mass is 658 g/mol. The van der Waals surface area contributed by atoms with Crippen molar-refractivity contribution in [2.45, 2.75) is 51.5 Å². The van der Waals surface area contributed by atoms with Crippen molar-refractivity contribution in [3.05, 3.63) is 41.7 Å². The summed E-state index contributed by atoms with van der Waals surface area (Å²) in [7, 11) is 1.85. The van der Waals surface area contributed by atoms with Gasteiger partial charge in [-0.25, -0.2) is 9.97 Å². The van der Waals surface area contributed by atoms with Crippen LogP contribution in [0.5, 0.6) is 0 Å². The van der Waals surface area contributed by atoms with Gasteiger partial charge >= 0.3 is 5.97 Å². The van der Waals surface area contributed by atoms with E-state index in [1.165, 1.54) is 0 Å². The van der Waals surface area contributed by atoms with Crippen LogP contribution in [-0.4, -0.2) is 88.6 Å². The molecule has 3 rings (SSSR count). The van der Waals surface area contributed by atoms with Gasteiger partial charge in [0.2, 0.25) is 11.9 Å². The molecule has 6 N–H and O–H groups in total. The van der Waals surface area contributed by atoms with Gasteiger partial charge in [0, 0.05) is 50.2 Å². The van der Waals surface area contributed by atoms with Crippen molar-refractivity contribution in [2.24, 2.45) is 5.92 Å². The molecule has 1 aromatic carbocycles. The van der Waals surface area contributed by atoms with Crippen LogP contribution < -0.4 is 21.7 Å². The quantitative estimate of drug-likeness (QED) is 0.0695. The first kappa shape index (κ1) is 36.3. The minimum atomic E-state index is -1.12. The summed E-state index contributed by atoms with van der Waals surface area (Å²) in [6.07, 6.45) is 5.62. The summed E-state index contributed by atoms with van der Waals surface area (Å²) in [6, 6.07) is 6.83. The number of carboxylic acids is 1. The molecule has 3 aromatic rings. The van der Waals surface area contributed by atoms with Crippen LogP contribution in [0.3, 0.4) is 0 Å². The van der Waals surface area contributed by atoms with E-state index in [0.717, 1.165) is 31.4 Å². The largest absolute Gasteiger partial charge is 0.481 e. The molecule has 0 aliphatic carbocycles. The van der Waals surface area contributed by atoms with Gasteiger partial charge in [0.25, 0.3) is 0 Å². The number of Topliss-reactive ketones (excluding diaryl/α,β-unsaturated/α-hetero) is 1. The normalized spacial score (nSPS) is 11.8. The first-order valence-electron chi connectivity index (χ1n) is 15.3. The molecule has 2 heterocycles. The lowest BCUT2D eigenvalue weighted by Crippen LogP contribution is -2.29. The lowest BCUT2D eigenvalue weighted by atomic mass is 9.94. The number of nitrogens with zero attached hydrogens (tertiary/aromatic N) is 5. The van der Waals surface area contributed by atoms with Gasteiger partial charge < -0.3 is 36.3 Å². The summed E-state index contributed by atoms with van der Waals surface area (Å²) >= 11 is 5.65. The molecule has 14 nitrogen and oxygen atoms in total. The standard InChI is InChI=1S/C31H43ClN8O6/c1-40(20-23-19-36-29-27(37-23)28(33)38-31(34)39-29)24-9-6-21(7-10-24)25(41)18-22(30(43)44)8-11-26(42)35-13-15-46-17-16-45-14-5-3-2-4-12-32/h6-7,9-10,19,22H,2-5,8,11-18,20H2,1H3,(H,35,42)(H,43,44)(H4,33,34,36,38,39). The smallest absolute Gasteiger partial charge is 0.306 e. The Hall–Kier alpha value is -4.14. The molecule has 0 radical (unpaired) electrons. The minimum Gasteiger partial charge on any atom is -0.481 e.